The Bertz CT molecular complexity index is 685. The van der Waals surface area contributed by atoms with E-state index in [1.807, 2.05) is 0 Å². The van der Waals surface area contributed by atoms with Crippen molar-refractivity contribution in [3.63, 3.8) is 0 Å². The summed E-state index contributed by atoms with van der Waals surface area (Å²) >= 11 is 0. The maximum Gasteiger partial charge on any atom is 0.335 e. The van der Waals surface area contributed by atoms with Gasteiger partial charge in [-0.15, -0.1) is 0 Å². The Morgan fingerprint density at radius 2 is 1.72 bits per heavy atom. The van der Waals surface area contributed by atoms with Gasteiger partial charge in [0.25, 0.3) is 0 Å². The van der Waals surface area contributed by atoms with Gasteiger partial charge < -0.3 is 35.4 Å². The number of esters is 1. The van der Waals surface area contributed by atoms with E-state index in [-0.39, 0.29) is 11.5 Å². The highest BCUT2D eigenvalue weighted by Crippen LogP contribution is 2.31. The molecule has 1 aromatic carbocycles. The molecule has 0 aliphatic heterocycles. The number of benzene rings is 1. The number of carbonyl (C=O) groups is 2. The first-order valence-electron chi connectivity index (χ1n) is 7.35. The molecule has 0 heterocycles. The number of phenolic OH excluding ortho intramolecular Hbond substituents is 2. The van der Waals surface area contributed by atoms with Crippen LogP contribution in [-0.4, -0.2) is 66.5 Å². The number of rotatable bonds is 4. The Hall–Kier alpha value is -2.62. The van der Waals surface area contributed by atoms with Crippen molar-refractivity contribution >= 4 is 18.0 Å². The number of aromatic hydroxyl groups is 2. The van der Waals surface area contributed by atoms with Crippen molar-refractivity contribution in [1.29, 1.82) is 0 Å². The van der Waals surface area contributed by atoms with E-state index < -0.39 is 48.7 Å². The number of carboxylic acids is 1. The number of hydrogen-bond acceptors (Lipinski definition) is 8. The van der Waals surface area contributed by atoms with Crippen molar-refractivity contribution in [3.05, 3.63) is 29.8 Å². The second-order valence-corrected chi connectivity index (χ2v) is 5.86. The fourth-order valence-corrected chi connectivity index (χ4v) is 2.58. The van der Waals surface area contributed by atoms with E-state index >= 15 is 0 Å². The number of hydrogen-bond donors (Lipinski definition) is 6. The summed E-state index contributed by atoms with van der Waals surface area (Å²) in [6.07, 6.45) is -3.43. The summed E-state index contributed by atoms with van der Waals surface area (Å²) in [4.78, 5) is 22.8. The van der Waals surface area contributed by atoms with Gasteiger partial charge in [0.05, 0.1) is 12.2 Å². The molecule has 0 spiro atoms. The van der Waals surface area contributed by atoms with Crippen molar-refractivity contribution in [2.45, 2.75) is 36.8 Å². The van der Waals surface area contributed by atoms with Gasteiger partial charge in [-0.2, -0.15) is 0 Å². The smallest absolute Gasteiger partial charge is 0.335 e. The van der Waals surface area contributed by atoms with Crippen LogP contribution in [0.15, 0.2) is 24.3 Å². The topological polar surface area (TPSA) is 165 Å². The lowest BCUT2D eigenvalue weighted by atomic mass is 9.79. The van der Waals surface area contributed by atoms with E-state index in [0.717, 1.165) is 6.08 Å². The maximum atomic E-state index is 11.8. The molecule has 1 aliphatic rings. The third-order valence-corrected chi connectivity index (χ3v) is 3.91. The molecular weight excluding hydrogens is 336 g/mol. The number of aliphatic carboxylic acids is 1. The number of aliphatic hydroxyl groups is 3. The summed E-state index contributed by atoms with van der Waals surface area (Å²) in [5, 5.41) is 57.1. The van der Waals surface area contributed by atoms with Crippen molar-refractivity contribution in [3.8, 4) is 11.5 Å². The molecule has 0 saturated heterocycles. The van der Waals surface area contributed by atoms with Crippen LogP contribution < -0.4 is 0 Å². The molecule has 2 atom stereocenters. The zero-order chi connectivity index (χ0) is 18.8. The lowest BCUT2D eigenvalue weighted by molar-refractivity contribution is -0.196. The van der Waals surface area contributed by atoms with Gasteiger partial charge in [0, 0.05) is 18.9 Å². The monoisotopic (exact) mass is 354 g/mol. The van der Waals surface area contributed by atoms with E-state index in [9.17, 15) is 35.1 Å². The molecule has 1 aliphatic carbocycles. The Morgan fingerprint density at radius 1 is 1.12 bits per heavy atom. The van der Waals surface area contributed by atoms with Crippen molar-refractivity contribution < 1.29 is 45.0 Å². The Morgan fingerprint density at radius 3 is 2.24 bits per heavy atom. The zero-order valence-electron chi connectivity index (χ0n) is 12.9. The number of ether oxygens (including phenoxy) is 1. The van der Waals surface area contributed by atoms with E-state index in [0.29, 0.717) is 5.56 Å². The van der Waals surface area contributed by atoms with Crippen LogP contribution in [0.2, 0.25) is 0 Å². The van der Waals surface area contributed by atoms with Gasteiger partial charge >= 0.3 is 11.9 Å². The fraction of sp³-hybridized carbons (Fsp3) is 0.375. The van der Waals surface area contributed by atoms with Gasteiger partial charge in [-0.3, -0.25) is 0 Å². The maximum absolute atomic E-state index is 11.8. The molecule has 1 fully saturated rings. The first-order chi connectivity index (χ1) is 11.6. The molecule has 2 unspecified atom stereocenters. The van der Waals surface area contributed by atoms with E-state index in [1.54, 1.807) is 0 Å². The van der Waals surface area contributed by atoms with Crippen LogP contribution in [0.5, 0.6) is 11.5 Å². The largest absolute Gasteiger partial charge is 0.504 e. The van der Waals surface area contributed by atoms with Crippen LogP contribution in [0, 0.1) is 0 Å². The summed E-state index contributed by atoms with van der Waals surface area (Å²) in [5.41, 5.74) is -1.90. The molecule has 25 heavy (non-hydrogen) atoms. The normalized spacial score (nSPS) is 29.5. The first kappa shape index (κ1) is 18.7. The van der Waals surface area contributed by atoms with E-state index in [4.69, 9.17) is 9.84 Å². The Kier molecular flexibility index (Phi) is 5.31. The average Bonchev–Trinajstić information content (AvgIpc) is 2.52. The number of carbonyl (C=O) groups excluding carboxylic acids is 1. The molecule has 0 amide bonds. The second kappa shape index (κ2) is 7.09. The van der Waals surface area contributed by atoms with Crippen LogP contribution in [0.4, 0.5) is 0 Å². The van der Waals surface area contributed by atoms with Crippen LogP contribution in [-0.2, 0) is 14.3 Å². The Labute approximate surface area is 142 Å². The fourth-order valence-electron chi connectivity index (χ4n) is 2.58. The molecule has 0 aromatic heterocycles. The molecule has 9 heteroatoms. The molecule has 6 N–H and O–H groups in total. The lowest BCUT2D eigenvalue weighted by Gasteiger charge is -2.39. The van der Waals surface area contributed by atoms with Gasteiger partial charge in [-0.05, 0) is 23.8 Å². The predicted molar refractivity (Wildman–Crippen MR) is 82.5 cm³/mol. The summed E-state index contributed by atoms with van der Waals surface area (Å²) in [6.45, 7) is 0. The van der Waals surface area contributed by atoms with Crippen LogP contribution in [0.1, 0.15) is 18.4 Å². The van der Waals surface area contributed by atoms with Crippen LogP contribution in [0.25, 0.3) is 6.08 Å². The number of phenols is 2. The lowest BCUT2D eigenvalue weighted by Crippen LogP contribution is -2.57. The highest BCUT2D eigenvalue weighted by atomic mass is 16.6. The highest BCUT2D eigenvalue weighted by molar-refractivity contribution is 5.87. The average molecular weight is 354 g/mol. The molecule has 2 rings (SSSR count). The molecule has 136 valence electrons. The highest BCUT2D eigenvalue weighted by Gasteiger charge is 2.50. The first-order valence-corrected chi connectivity index (χ1v) is 7.35. The van der Waals surface area contributed by atoms with E-state index in [2.05, 4.69) is 0 Å². The molecule has 0 radical (unpaired) electrons. The third kappa shape index (κ3) is 4.27. The minimum atomic E-state index is -2.29. The minimum Gasteiger partial charge on any atom is -0.504 e. The van der Waals surface area contributed by atoms with Crippen molar-refractivity contribution in [1.82, 2.24) is 0 Å². The number of aliphatic hydroxyl groups excluding tert-OH is 2. The van der Waals surface area contributed by atoms with Crippen molar-refractivity contribution in [2.24, 2.45) is 0 Å². The zero-order valence-corrected chi connectivity index (χ0v) is 12.9. The molecule has 9 nitrogen and oxygen atoms in total. The van der Waals surface area contributed by atoms with Gasteiger partial charge in [0.1, 0.15) is 0 Å². The Balaban J connectivity index is 2.01. The third-order valence-electron chi connectivity index (χ3n) is 3.91. The molecule has 1 aromatic rings. The summed E-state index contributed by atoms with van der Waals surface area (Å²) in [6, 6.07) is 3.86. The predicted octanol–water partition coefficient (Wildman–Crippen LogP) is -0.646. The molecular formula is C16H18O9. The summed E-state index contributed by atoms with van der Waals surface area (Å²) in [7, 11) is 0. The summed E-state index contributed by atoms with van der Waals surface area (Å²) in [5.74, 6) is -3.19. The second-order valence-electron chi connectivity index (χ2n) is 5.86. The quantitative estimate of drug-likeness (QED) is 0.234. The van der Waals surface area contributed by atoms with Crippen LogP contribution in [0.3, 0.4) is 0 Å². The SMILES string of the molecule is O=C(/C=C/c1ccc(O)c(O)c1)O[C@H]1C(O)C[C@](O)(C(=O)O)CC1O. The standard InChI is InChI=1S/C16H18O9/c17-9-3-1-8(5-10(9)18)2-4-13(21)25-14-11(19)6-16(24,15(22)23)7-12(14)20/h1-5,11-12,14,17-20,24H,6-7H2,(H,22,23)/b4-2+/t11?,12?,14-,16+. The van der Waals surface area contributed by atoms with E-state index in [1.165, 1.54) is 24.3 Å². The van der Waals surface area contributed by atoms with Gasteiger partial charge in [0.15, 0.2) is 23.2 Å². The van der Waals surface area contributed by atoms with Gasteiger partial charge in [-0.1, -0.05) is 6.07 Å². The summed E-state index contributed by atoms with van der Waals surface area (Å²) < 4.78 is 4.92. The van der Waals surface area contributed by atoms with Gasteiger partial charge in [-0.25, -0.2) is 9.59 Å². The molecule has 1 saturated carbocycles. The van der Waals surface area contributed by atoms with Crippen LogP contribution >= 0.6 is 0 Å². The van der Waals surface area contributed by atoms with Gasteiger partial charge in [0.2, 0.25) is 0 Å². The minimum absolute atomic E-state index is 0.320. The van der Waals surface area contributed by atoms with Crippen molar-refractivity contribution in [2.75, 3.05) is 0 Å². The number of carboxylic acid groups (broad SMARTS) is 1. The molecule has 0 bridgehead atoms.